The molecule has 0 radical (unpaired) electrons. The van der Waals surface area contributed by atoms with Gasteiger partial charge in [-0.3, -0.25) is 0 Å². The number of carbonyl (C=O) groups is 1. The van der Waals surface area contributed by atoms with Crippen LogP contribution in [0.4, 0.5) is 0 Å². The Morgan fingerprint density at radius 2 is 1.83 bits per heavy atom. The summed E-state index contributed by atoms with van der Waals surface area (Å²) in [5, 5.41) is 9.05. The van der Waals surface area contributed by atoms with Crippen LogP contribution in [0.2, 0.25) is 0 Å². The molecular formula is C18H20O4S. The Labute approximate surface area is 141 Å². The molecule has 0 spiro atoms. The van der Waals surface area contributed by atoms with Crippen LogP contribution in [-0.2, 0) is 11.2 Å². The van der Waals surface area contributed by atoms with Crippen molar-refractivity contribution in [2.75, 3.05) is 6.61 Å². The predicted molar refractivity (Wildman–Crippen MR) is 91.7 cm³/mol. The van der Waals surface area contributed by atoms with Gasteiger partial charge in [-0.15, -0.1) is 12.6 Å². The van der Waals surface area contributed by atoms with E-state index in [9.17, 15) is 4.79 Å². The molecule has 0 aliphatic carbocycles. The Balaban J connectivity index is 1.87. The third-order valence-corrected chi connectivity index (χ3v) is 3.57. The van der Waals surface area contributed by atoms with Crippen LogP contribution in [0.3, 0.4) is 0 Å². The standard InChI is InChI=1S/C18H20O4S/c1-18(2,17(19)20)22-14-8-6-13(7-9-14)10-11-21-15-4-3-5-16(23)12-15/h3-9,12,23H,10-11H2,1-2H3,(H,19,20). The first-order valence-corrected chi connectivity index (χ1v) is 7.75. The Kier molecular flexibility index (Phi) is 5.55. The molecule has 0 heterocycles. The van der Waals surface area contributed by atoms with Gasteiger partial charge in [0, 0.05) is 11.3 Å². The summed E-state index contributed by atoms with van der Waals surface area (Å²) in [4.78, 5) is 11.9. The lowest BCUT2D eigenvalue weighted by Crippen LogP contribution is -2.37. The average molecular weight is 332 g/mol. The van der Waals surface area contributed by atoms with Crippen LogP contribution in [0.25, 0.3) is 0 Å². The number of carboxylic acid groups (broad SMARTS) is 1. The van der Waals surface area contributed by atoms with Gasteiger partial charge in [0.25, 0.3) is 0 Å². The van der Waals surface area contributed by atoms with E-state index < -0.39 is 11.6 Å². The highest BCUT2D eigenvalue weighted by Crippen LogP contribution is 2.20. The van der Waals surface area contributed by atoms with Crippen molar-refractivity contribution in [2.24, 2.45) is 0 Å². The third-order valence-electron chi connectivity index (χ3n) is 3.29. The number of aliphatic carboxylic acids is 1. The molecule has 0 saturated carbocycles. The van der Waals surface area contributed by atoms with Gasteiger partial charge in [-0.05, 0) is 49.7 Å². The monoisotopic (exact) mass is 332 g/mol. The lowest BCUT2D eigenvalue weighted by Gasteiger charge is -2.21. The van der Waals surface area contributed by atoms with Crippen molar-refractivity contribution in [2.45, 2.75) is 30.8 Å². The fourth-order valence-corrected chi connectivity index (χ4v) is 2.14. The fourth-order valence-electron chi connectivity index (χ4n) is 1.92. The van der Waals surface area contributed by atoms with E-state index in [0.29, 0.717) is 12.4 Å². The van der Waals surface area contributed by atoms with E-state index in [0.717, 1.165) is 22.6 Å². The summed E-state index contributed by atoms with van der Waals surface area (Å²) >= 11 is 4.27. The average Bonchev–Trinajstić information content (AvgIpc) is 2.49. The minimum Gasteiger partial charge on any atom is -0.493 e. The minimum absolute atomic E-state index is 0.532. The smallest absolute Gasteiger partial charge is 0.347 e. The zero-order valence-corrected chi connectivity index (χ0v) is 14.0. The van der Waals surface area contributed by atoms with E-state index in [-0.39, 0.29) is 0 Å². The number of benzene rings is 2. The largest absolute Gasteiger partial charge is 0.493 e. The van der Waals surface area contributed by atoms with Gasteiger partial charge in [0.05, 0.1) is 6.61 Å². The van der Waals surface area contributed by atoms with Crippen molar-refractivity contribution in [3.05, 3.63) is 54.1 Å². The highest BCUT2D eigenvalue weighted by atomic mass is 32.1. The molecular weight excluding hydrogens is 312 g/mol. The molecule has 0 fully saturated rings. The van der Waals surface area contributed by atoms with E-state index in [1.165, 1.54) is 13.8 Å². The normalized spacial score (nSPS) is 11.1. The third kappa shape index (κ3) is 5.21. The van der Waals surface area contributed by atoms with E-state index >= 15 is 0 Å². The summed E-state index contributed by atoms with van der Waals surface area (Å²) in [5.74, 6) is 0.326. The molecule has 2 aromatic carbocycles. The van der Waals surface area contributed by atoms with Crippen LogP contribution in [0, 0.1) is 0 Å². The number of thiol groups is 1. The van der Waals surface area contributed by atoms with E-state index in [1.807, 2.05) is 36.4 Å². The molecule has 0 bridgehead atoms. The Morgan fingerprint density at radius 1 is 1.13 bits per heavy atom. The maximum Gasteiger partial charge on any atom is 0.347 e. The van der Waals surface area contributed by atoms with Crippen molar-refractivity contribution in [1.82, 2.24) is 0 Å². The van der Waals surface area contributed by atoms with E-state index in [2.05, 4.69) is 12.6 Å². The molecule has 23 heavy (non-hydrogen) atoms. The molecule has 0 unspecified atom stereocenters. The minimum atomic E-state index is -1.25. The summed E-state index contributed by atoms with van der Waals surface area (Å²) in [6, 6.07) is 14.9. The van der Waals surface area contributed by atoms with Gasteiger partial charge in [0.15, 0.2) is 5.60 Å². The molecule has 4 nitrogen and oxygen atoms in total. The predicted octanol–water partition coefficient (Wildman–Crippen LogP) is 3.84. The highest BCUT2D eigenvalue weighted by molar-refractivity contribution is 7.80. The molecule has 1 N–H and O–H groups in total. The van der Waals surface area contributed by atoms with Crippen LogP contribution < -0.4 is 9.47 Å². The summed E-state index contributed by atoms with van der Waals surface area (Å²) in [6.07, 6.45) is 0.749. The summed E-state index contributed by atoms with van der Waals surface area (Å²) < 4.78 is 11.1. The highest BCUT2D eigenvalue weighted by Gasteiger charge is 2.29. The van der Waals surface area contributed by atoms with E-state index in [1.54, 1.807) is 12.1 Å². The van der Waals surface area contributed by atoms with Crippen LogP contribution in [0.1, 0.15) is 19.4 Å². The Hall–Kier alpha value is -2.14. The molecule has 0 atom stereocenters. The number of hydrogen-bond acceptors (Lipinski definition) is 4. The quantitative estimate of drug-likeness (QED) is 0.757. The van der Waals surface area contributed by atoms with Crippen molar-refractivity contribution >= 4 is 18.6 Å². The van der Waals surface area contributed by atoms with Gasteiger partial charge in [0.1, 0.15) is 11.5 Å². The van der Waals surface area contributed by atoms with Gasteiger partial charge in [0.2, 0.25) is 0 Å². The molecule has 5 heteroatoms. The summed E-state index contributed by atoms with van der Waals surface area (Å²) in [7, 11) is 0. The van der Waals surface area contributed by atoms with Crippen LogP contribution in [0.5, 0.6) is 11.5 Å². The van der Waals surface area contributed by atoms with Gasteiger partial charge < -0.3 is 14.6 Å². The molecule has 0 aliphatic heterocycles. The molecule has 2 aromatic rings. The zero-order valence-electron chi connectivity index (χ0n) is 13.2. The topological polar surface area (TPSA) is 55.8 Å². The number of carboxylic acids is 1. The van der Waals surface area contributed by atoms with Crippen molar-refractivity contribution < 1.29 is 19.4 Å². The zero-order chi connectivity index (χ0) is 16.9. The molecule has 122 valence electrons. The molecule has 2 rings (SSSR count). The second kappa shape index (κ2) is 7.42. The first-order chi connectivity index (χ1) is 10.9. The fraction of sp³-hybridized carbons (Fsp3) is 0.278. The van der Waals surface area contributed by atoms with Gasteiger partial charge in [-0.2, -0.15) is 0 Å². The van der Waals surface area contributed by atoms with Crippen LogP contribution in [-0.4, -0.2) is 23.3 Å². The second-order valence-corrected chi connectivity index (χ2v) is 6.17. The lowest BCUT2D eigenvalue weighted by molar-refractivity contribution is -0.152. The first kappa shape index (κ1) is 17.2. The van der Waals surface area contributed by atoms with Gasteiger partial charge in [-0.25, -0.2) is 4.79 Å². The SMILES string of the molecule is CC(C)(Oc1ccc(CCOc2cccc(S)c2)cc1)C(=O)O. The van der Waals surface area contributed by atoms with Gasteiger partial charge in [-0.1, -0.05) is 18.2 Å². The van der Waals surface area contributed by atoms with Crippen LogP contribution in [0.15, 0.2) is 53.4 Å². The summed E-state index contributed by atoms with van der Waals surface area (Å²) in [6.45, 7) is 3.59. The summed E-state index contributed by atoms with van der Waals surface area (Å²) in [5.41, 5.74) is -0.157. The molecule has 0 aromatic heterocycles. The van der Waals surface area contributed by atoms with Crippen molar-refractivity contribution in [3.8, 4) is 11.5 Å². The van der Waals surface area contributed by atoms with Gasteiger partial charge >= 0.3 is 5.97 Å². The first-order valence-electron chi connectivity index (χ1n) is 7.30. The number of ether oxygens (including phenoxy) is 2. The number of rotatable bonds is 7. The molecule has 0 aliphatic rings. The Morgan fingerprint density at radius 3 is 2.43 bits per heavy atom. The van der Waals surface area contributed by atoms with Crippen molar-refractivity contribution in [3.63, 3.8) is 0 Å². The maximum absolute atomic E-state index is 11.0. The number of hydrogen-bond donors (Lipinski definition) is 2. The second-order valence-electron chi connectivity index (χ2n) is 5.66. The lowest BCUT2D eigenvalue weighted by atomic mass is 10.1. The molecule has 0 saturated heterocycles. The van der Waals surface area contributed by atoms with Crippen LogP contribution >= 0.6 is 12.6 Å². The Bertz CT molecular complexity index is 665. The van der Waals surface area contributed by atoms with E-state index in [4.69, 9.17) is 14.6 Å². The molecule has 0 amide bonds. The van der Waals surface area contributed by atoms with Crippen molar-refractivity contribution in [1.29, 1.82) is 0 Å². The maximum atomic E-state index is 11.0.